The summed E-state index contributed by atoms with van der Waals surface area (Å²) in [7, 11) is -3.44. The average Bonchev–Trinajstić information content (AvgIpc) is 2.59. The maximum absolute atomic E-state index is 11.9. The Kier molecular flexibility index (Phi) is 3.52. The number of likely N-dealkylation sites (tertiary alicyclic amines) is 1. The fourth-order valence-corrected chi connectivity index (χ4v) is 2.28. The van der Waals surface area contributed by atoms with Gasteiger partial charge in [0.1, 0.15) is 5.25 Å². The van der Waals surface area contributed by atoms with Crippen LogP contribution in [-0.4, -0.2) is 54.9 Å². The molecule has 1 amide bonds. The summed E-state index contributed by atoms with van der Waals surface area (Å²) < 4.78 is 22.5. The van der Waals surface area contributed by atoms with Gasteiger partial charge in [0.25, 0.3) is 0 Å². The van der Waals surface area contributed by atoms with Crippen LogP contribution >= 0.6 is 0 Å². The average molecular weight is 263 g/mol. The van der Waals surface area contributed by atoms with Crippen LogP contribution in [0.2, 0.25) is 0 Å². The van der Waals surface area contributed by atoms with Gasteiger partial charge in [-0.3, -0.25) is 9.59 Å². The number of carboxylic acids is 1. The molecule has 0 saturated carbocycles. The lowest BCUT2D eigenvalue weighted by Crippen LogP contribution is -2.41. The second-order valence-corrected chi connectivity index (χ2v) is 7.21. The van der Waals surface area contributed by atoms with Gasteiger partial charge in [-0.2, -0.15) is 0 Å². The van der Waals surface area contributed by atoms with E-state index in [0.717, 1.165) is 6.26 Å². The van der Waals surface area contributed by atoms with Crippen molar-refractivity contribution in [1.82, 2.24) is 4.90 Å². The molecular formula is C10H17NO5S. The minimum atomic E-state index is -3.44. The summed E-state index contributed by atoms with van der Waals surface area (Å²) in [6, 6.07) is 0. The van der Waals surface area contributed by atoms with Crippen LogP contribution in [0.1, 0.15) is 20.3 Å². The molecule has 0 aromatic carbocycles. The lowest BCUT2D eigenvalue weighted by molar-refractivity contribution is -0.147. The minimum absolute atomic E-state index is 0.0705. The Labute approximate surface area is 101 Å². The predicted octanol–water partition coefficient (Wildman–Crippen LogP) is -0.257. The van der Waals surface area contributed by atoms with Gasteiger partial charge in [0, 0.05) is 19.3 Å². The molecule has 0 aliphatic carbocycles. The predicted molar refractivity (Wildman–Crippen MR) is 61.2 cm³/mol. The summed E-state index contributed by atoms with van der Waals surface area (Å²) in [4.78, 5) is 24.2. The van der Waals surface area contributed by atoms with E-state index in [1.165, 1.54) is 11.8 Å². The van der Waals surface area contributed by atoms with E-state index in [-0.39, 0.29) is 6.54 Å². The van der Waals surface area contributed by atoms with E-state index < -0.39 is 32.4 Å². The maximum Gasteiger partial charge on any atom is 0.311 e. The van der Waals surface area contributed by atoms with Crippen LogP contribution in [0.3, 0.4) is 0 Å². The smallest absolute Gasteiger partial charge is 0.311 e. The highest BCUT2D eigenvalue weighted by Gasteiger charge is 2.43. The molecule has 98 valence electrons. The Morgan fingerprint density at radius 1 is 1.41 bits per heavy atom. The zero-order valence-corrected chi connectivity index (χ0v) is 11.0. The number of aliphatic carboxylic acids is 1. The van der Waals surface area contributed by atoms with Gasteiger partial charge < -0.3 is 10.0 Å². The molecule has 7 heteroatoms. The van der Waals surface area contributed by atoms with Crippen molar-refractivity contribution in [2.75, 3.05) is 19.3 Å². The van der Waals surface area contributed by atoms with Crippen molar-refractivity contribution in [3.8, 4) is 0 Å². The summed E-state index contributed by atoms with van der Waals surface area (Å²) in [6.45, 7) is 3.25. The normalized spacial score (nSPS) is 26.9. The minimum Gasteiger partial charge on any atom is -0.481 e. The zero-order valence-electron chi connectivity index (χ0n) is 10.1. The summed E-state index contributed by atoms with van der Waals surface area (Å²) in [6.07, 6.45) is 1.35. The van der Waals surface area contributed by atoms with Gasteiger partial charge in [0.05, 0.1) is 5.41 Å². The van der Waals surface area contributed by atoms with E-state index in [1.807, 2.05) is 0 Å². The van der Waals surface area contributed by atoms with E-state index in [0.29, 0.717) is 13.0 Å². The Bertz CT molecular complexity index is 444. The van der Waals surface area contributed by atoms with Crippen LogP contribution in [0.5, 0.6) is 0 Å². The van der Waals surface area contributed by atoms with Crippen molar-refractivity contribution in [3.63, 3.8) is 0 Å². The topological polar surface area (TPSA) is 91.8 Å². The van der Waals surface area contributed by atoms with E-state index >= 15 is 0 Å². The molecule has 2 unspecified atom stereocenters. The van der Waals surface area contributed by atoms with Crippen molar-refractivity contribution in [1.29, 1.82) is 0 Å². The van der Waals surface area contributed by atoms with Crippen LogP contribution in [0.15, 0.2) is 0 Å². The van der Waals surface area contributed by atoms with Crippen LogP contribution < -0.4 is 0 Å². The van der Waals surface area contributed by atoms with Gasteiger partial charge in [-0.15, -0.1) is 0 Å². The Morgan fingerprint density at radius 3 is 2.29 bits per heavy atom. The number of hydrogen-bond donors (Lipinski definition) is 1. The molecule has 0 radical (unpaired) electrons. The first-order valence-corrected chi connectivity index (χ1v) is 7.24. The second-order valence-electron chi connectivity index (χ2n) is 4.85. The van der Waals surface area contributed by atoms with Gasteiger partial charge in [-0.05, 0) is 20.3 Å². The van der Waals surface area contributed by atoms with E-state index in [4.69, 9.17) is 5.11 Å². The number of carbonyl (C=O) groups is 2. The van der Waals surface area contributed by atoms with Crippen LogP contribution in [0, 0.1) is 5.41 Å². The third-order valence-electron chi connectivity index (χ3n) is 3.29. The van der Waals surface area contributed by atoms with E-state index in [9.17, 15) is 18.0 Å². The van der Waals surface area contributed by atoms with Gasteiger partial charge in [0.15, 0.2) is 9.84 Å². The summed E-state index contributed by atoms with van der Waals surface area (Å²) >= 11 is 0. The van der Waals surface area contributed by atoms with E-state index in [1.54, 1.807) is 6.92 Å². The van der Waals surface area contributed by atoms with Crippen molar-refractivity contribution in [2.45, 2.75) is 25.5 Å². The number of nitrogens with zero attached hydrogens (tertiary/aromatic N) is 1. The molecule has 0 aromatic heterocycles. The highest BCUT2D eigenvalue weighted by atomic mass is 32.2. The third kappa shape index (κ3) is 2.77. The van der Waals surface area contributed by atoms with Crippen LogP contribution in [-0.2, 0) is 19.4 Å². The highest BCUT2D eigenvalue weighted by Crippen LogP contribution is 2.30. The number of rotatable bonds is 3. The second kappa shape index (κ2) is 4.29. The van der Waals surface area contributed by atoms with Crippen LogP contribution in [0.25, 0.3) is 0 Å². The molecule has 1 N–H and O–H groups in total. The first-order chi connectivity index (χ1) is 7.58. The van der Waals surface area contributed by atoms with Gasteiger partial charge >= 0.3 is 5.97 Å². The standard InChI is InChI=1S/C10H17NO5S/c1-7(17(3,15)16)8(12)11-5-4-10(2,6-11)9(13)14/h7H,4-6H2,1-3H3,(H,13,14). The summed E-state index contributed by atoms with van der Waals surface area (Å²) in [5, 5.41) is 7.90. The van der Waals surface area contributed by atoms with Crippen molar-refractivity contribution < 1.29 is 23.1 Å². The summed E-state index contributed by atoms with van der Waals surface area (Å²) in [5.41, 5.74) is -0.965. The van der Waals surface area contributed by atoms with Crippen molar-refractivity contribution >= 4 is 21.7 Å². The summed E-state index contributed by atoms with van der Waals surface area (Å²) in [5.74, 6) is -1.47. The zero-order chi connectivity index (χ0) is 13.4. The molecule has 1 heterocycles. The molecule has 0 aromatic rings. The molecule has 2 atom stereocenters. The Balaban J connectivity index is 2.80. The first kappa shape index (κ1) is 14.0. The molecule has 0 bridgehead atoms. The van der Waals surface area contributed by atoms with Gasteiger partial charge in [-0.25, -0.2) is 8.42 Å². The number of amides is 1. The third-order valence-corrected chi connectivity index (χ3v) is 4.78. The monoisotopic (exact) mass is 263 g/mol. The Morgan fingerprint density at radius 2 is 1.94 bits per heavy atom. The van der Waals surface area contributed by atoms with E-state index in [2.05, 4.69) is 0 Å². The molecule has 1 aliphatic heterocycles. The van der Waals surface area contributed by atoms with Crippen molar-refractivity contribution in [2.24, 2.45) is 5.41 Å². The molecule has 0 spiro atoms. The maximum atomic E-state index is 11.9. The molecule has 1 saturated heterocycles. The Hall–Kier alpha value is -1.11. The molecule has 17 heavy (non-hydrogen) atoms. The largest absolute Gasteiger partial charge is 0.481 e. The quantitative estimate of drug-likeness (QED) is 0.757. The number of sulfone groups is 1. The first-order valence-electron chi connectivity index (χ1n) is 5.29. The number of hydrogen-bond acceptors (Lipinski definition) is 4. The number of carboxylic acid groups (broad SMARTS) is 1. The van der Waals surface area contributed by atoms with Gasteiger partial charge in [0.2, 0.25) is 5.91 Å². The molecule has 1 aliphatic rings. The SMILES string of the molecule is CC(C(=O)N1CCC(C)(C(=O)O)C1)S(C)(=O)=O. The molecule has 1 fully saturated rings. The molecule has 6 nitrogen and oxygen atoms in total. The van der Waals surface area contributed by atoms with Gasteiger partial charge in [-0.1, -0.05) is 0 Å². The van der Waals surface area contributed by atoms with Crippen LogP contribution in [0.4, 0.5) is 0 Å². The highest BCUT2D eigenvalue weighted by molar-refractivity contribution is 7.92. The lowest BCUT2D eigenvalue weighted by Gasteiger charge is -2.22. The molecule has 1 rings (SSSR count). The number of carbonyl (C=O) groups excluding carboxylic acids is 1. The fraction of sp³-hybridized carbons (Fsp3) is 0.800. The van der Waals surface area contributed by atoms with Crippen molar-refractivity contribution in [3.05, 3.63) is 0 Å². The molecular weight excluding hydrogens is 246 g/mol. The fourth-order valence-electron chi connectivity index (χ4n) is 1.76. The lowest BCUT2D eigenvalue weighted by atomic mass is 9.90.